The molecular weight excluding hydrogens is 172 g/mol. The Morgan fingerprint density at radius 3 is 2.62 bits per heavy atom. The molecule has 1 amide bonds. The van der Waals surface area contributed by atoms with E-state index in [0.29, 0.717) is 0 Å². The Bertz CT molecular complexity index is 213. The van der Waals surface area contributed by atoms with Crippen molar-refractivity contribution in [1.29, 1.82) is 0 Å². The van der Waals surface area contributed by atoms with Crippen LogP contribution in [0.15, 0.2) is 12.2 Å². The number of hydrogen-bond donors (Lipinski definition) is 1. The standard InChI is InChI=1S/C8H14N2O3/c1-3-5-7(11)10(9)6-8(12)13-4-2/h3,5H,4,6,9H2,1-2H3/b5-3+. The molecule has 13 heavy (non-hydrogen) atoms. The Balaban J connectivity index is 3.92. The van der Waals surface area contributed by atoms with Crippen molar-refractivity contribution in [1.82, 2.24) is 5.01 Å². The van der Waals surface area contributed by atoms with Gasteiger partial charge in [0.05, 0.1) is 6.61 Å². The lowest BCUT2D eigenvalue weighted by Gasteiger charge is -2.12. The minimum Gasteiger partial charge on any atom is -0.465 e. The molecule has 0 aromatic carbocycles. The van der Waals surface area contributed by atoms with Crippen LogP contribution in [-0.4, -0.2) is 30.0 Å². The van der Waals surface area contributed by atoms with Crippen molar-refractivity contribution in [3.05, 3.63) is 12.2 Å². The summed E-state index contributed by atoms with van der Waals surface area (Å²) in [6.07, 6.45) is 2.83. The average molecular weight is 186 g/mol. The van der Waals surface area contributed by atoms with Gasteiger partial charge in [0.25, 0.3) is 5.91 Å². The van der Waals surface area contributed by atoms with Crippen LogP contribution >= 0.6 is 0 Å². The van der Waals surface area contributed by atoms with Gasteiger partial charge in [0, 0.05) is 6.08 Å². The molecule has 0 bridgehead atoms. The van der Waals surface area contributed by atoms with Crippen LogP contribution in [0.1, 0.15) is 13.8 Å². The zero-order chi connectivity index (χ0) is 10.3. The molecule has 0 aromatic rings. The van der Waals surface area contributed by atoms with Gasteiger partial charge in [0.2, 0.25) is 0 Å². The fourth-order valence-corrected chi connectivity index (χ4v) is 0.662. The maximum absolute atomic E-state index is 11.0. The van der Waals surface area contributed by atoms with E-state index in [9.17, 15) is 9.59 Å². The molecule has 0 unspecified atom stereocenters. The van der Waals surface area contributed by atoms with Gasteiger partial charge in [-0.05, 0) is 13.8 Å². The van der Waals surface area contributed by atoms with Gasteiger partial charge in [-0.25, -0.2) is 5.84 Å². The third-order valence-corrected chi connectivity index (χ3v) is 1.20. The highest BCUT2D eigenvalue weighted by Gasteiger charge is 2.10. The highest BCUT2D eigenvalue weighted by molar-refractivity contribution is 5.89. The average Bonchev–Trinajstić information content (AvgIpc) is 2.05. The molecule has 2 N–H and O–H groups in total. The number of amides is 1. The number of nitrogens with two attached hydrogens (primary N) is 1. The zero-order valence-corrected chi connectivity index (χ0v) is 7.82. The lowest BCUT2D eigenvalue weighted by Crippen LogP contribution is -2.40. The molecule has 0 saturated carbocycles. The summed E-state index contributed by atoms with van der Waals surface area (Å²) < 4.78 is 4.60. The first-order chi connectivity index (χ1) is 6.11. The number of hydrazine groups is 1. The smallest absolute Gasteiger partial charge is 0.327 e. The van der Waals surface area contributed by atoms with Crippen LogP contribution in [0.2, 0.25) is 0 Å². The van der Waals surface area contributed by atoms with Crippen molar-refractivity contribution in [2.24, 2.45) is 5.84 Å². The van der Waals surface area contributed by atoms with Crippen molar-refractivity contribution in [3.8, 4) is 0 Å². The quantitative estimate of drug-likeness (QED) is 0.217. The second-order valence-electron chi connectivity index (χ2n) is 2.27. The maximum atomic E-state index is 11.0. The third-order valence-electron chi connectivity index (χ3n) is 1.20. The number of nitrogens with zero attached hydrogens (tertiary/aromatic N) is 1. The summed E-state index contributed by atoms with van der Waals surface area (Å²) in [5.41, 5.74) is 0. The number of rotatable bonds is 4. The van der Waals surface area contributed by atoms with E-state index in [1.807, 2.05) is 0 Å². The molecule has 0 spiro atoms. The normalized spacial score (nSPS) is 10.1. The summed E-state index contributed by atoms with van der Waals surface area (Å²) in [6, 6.07) is 0. The minimum absolute atomic E-state index is 0.225. The summed E-state index contributed by atoms with van der Waals surface area (Å²) in [6.45, 7) is 3.43. The Morgan fingerprint density at radius 2 is 2.15 bits per heavy atom. The van der Waals surface area contributed by atoms with Crippen LogP contribution in [0.25, 0.3) is 0 Å². The van der Waals surface area contributed by atoms with Crippen LogP contribution in [0.3, 0.4) is 0 Å². The fraction of sp³-hybridized carbons (Fsp3) is 0.500. The van der Waals surface area contributed by atoms with Crippen molar-refractivity contribution < 1.29 is 14.3 Å². The van der Waals surface area contributed by atoms with E-state index in [2.05, 4.69) is 4.74 Å². The topological polar surface area (TPSA) is 72.6 Å². The molecule has 0 aliphatic rings. The van der Waals surface area contributed by atoms with Crippen molar-refractivity contribution in [3.63, 3.8) is 0 Å². The van der Waals surface area contributed by atoms with Crippen molar-refractivity contribution in [2.75, 3.05) is 13.2 Å². The molecule has 0 aliphatic heterocycles. The molecule has 0 fully saturated rings. The van der Waals surface area contributed by atoms with Gasteiger partial charge in [0.15, 0.2) is 0 Å². The van der Waals surface area contributed by atoms with Crippen LogP contribution in [0.4, 0.5) is 0 Å². The SMILES string of the molecule is C/C=C/C(=O)N(N)CC(=O)OCC. The molecule has 0 radical (unpaired) electrons. The molecule has 5 heteroatoms. The summed E-state index contributed by atoms with van der Waals surface area (Å²) >= 11 is 0. The van der Waals surface area contributed by atoms with Crippen molar-refractivity contribution >= 4 is 11.9 Å². The Labute approximate surface area is 77.1 Å². The first kappa shape index (κ1) is 11.6. The minimum atomic E-state index is -0.511. The summed E-state index contributed by atoms with van der Waals surface area (Å²) in [5.74, 6) is 4.33. The van der Waals surface area contributed by atoms with E-state index in [-0.39, 0.29) is 13.2 Å². The second kappa shape index (κ2) is 6.19. The number of allylic oxidation sites excluding steroid dienone is 1. The number of ether oxygens (including phenoxy) is 1. The number of carbonyl (C=O) groups excluding carboxylic acids is 2. The highest BCUT2D eigenvalue weighted by atomic mass is 16.5. The van der Waals surface area contributed by atoms with Gasteiger partial charge in [-0.1, -0.05) is 6.08 Å². The predicted molar refractivity (Wildman–Crippen MR) is 47.3 cm³/mol. The fourth-order valence-electron chi connectivity index (χ4n) is 0.662. The largest absolute Gasteiger partial charge is 0.465 e. The Hall–Kier alpha value is -1.36. The molecule has 0 atom stereocenters. The predicted octanol–water partition coefficient (Wildman–Crippen LogP) is -0.172. The molecule has 0 saturated heterocycles. The first-order valence-electron chi connectivity index (χ1n) is 3.96. The molecule has 5 nitrogen and oxygen atoms in total. The summed E-state index contributed by atoms with van der Waals surface area (Å²) in [7, 11) is 0. The van der Waals surface area contributed by atoms with Crippen LogP contribution in [-0.2, 0) is 14.3 Å². The lowest BCUT2D eigenvalue weighted by atomic mass is 10.4. The van der Waals surface area contributed by atoms with Gasteiger partial charge in [-0.3, -0.25) is 14.6 Å². The van der Waals surface area contributed by atoms with E-state index in [0.717, 1.165) is 5.01 Å². The van der Waals surface area contributed by atoms with Crippen LogP contribution in [0.5, 0.6) is 0 Å². The summed E-state index contributed by atoms with van der Waals surface area (Å²) in [5, 5.41) is 0.804. The molecule has 0 rings (SSSR count). The number of carbonyl (C=O) groups is 2. The molecule has 0 aromatic heterocycles. The van der Waals surface area contributed by atoms with Gasteiger partial charge in [0.1, 0.15) is 6.54 Å². The first-order valence-corrected chi connectivity index (χ1v) is 3.96. The van der Waals surface area contributed by atoms with Gasteiger partial charge in [-0.15, -0.1) is 0 Å². The number of hydrogen-bond acceptors (Lipinski definition) is 4. The van der Waals surface area contributed by atoms with Crippen LogP contribution < -0.4 is 5.84 Å². The monoisotopic (exact) mass is 186 g/mol. The maximum Gasteiger partial charge on any atom is 0.327 e. The Kier molecular flexibility index (Phi) is 5.54. The van der Waals surface area contributed by atoms with Crippen molar-refractivity contribution in [2.45, 2.75) is 13.8 Å². The van der Waals surface area contributed by atoms with Gasteiger partial charge >= 0.3 is 5.97 Å². The third kappa shape index (κ3) is 4.97. The summed E-state index contributed by atoms with van der Waals surface area (Å²) in [4.78, 5) is 21.8. The lowest BCUT2D eigenvalue weighted by molar-refractivity contribution is -0.147. The number of esters is 1. The van der Waals surface area contributed by atoms with Gasteiger partial charge in [-0.2, -0.15) is 0 Å². The zero-order valence-electron chi connectivity index (χ0n) is 7.82. The van der Waals surface area contributed by atoms with E-state index >= 15 is 0 Å². The second-order valence-corrected chi connectivity index (χ2v) is 2.27. The van der Waals surface area contributed by atoms with E-state index in [1.54, 1.807) is 19.9 Å². The van der Waals surface area contributed by atoms with E-state index < -0.39 is 11.9 Å². The van der Waals surface area contributed by atoms with E-state index in [4.69, 9.17) is 5.84 Å². The van der Waals surface area contributed by atoms with Crippen LogP contribution in [0, 0.1) is 0 Å². The molecular formula is C8H14N2O3. The molecule has 74 valence electrons. The molecule has 0 aliphatic carbocycles. The molecule has 0 heterocycles. The van der Waals surface area contributed by atoms with Gasteiger partial charge < -0.3 is 4.74 Å². The van der Waals surface area contributed by atoms with E-state index in [1.165, 1.54) is 6.08 Å². The highest BCUT2D eigenvalue weighted by Crippen LogP contribution is 1.86. The Morgan fingerprint density at radius 1 is 1.54 bits per heavy atom.